The summed E-state index contributed by atoms with van der Waals surface area (Å²) in [6.45, 7) is 2.07. The molecule has 0 spiro atoms. The minimum Gasteiger partial charge on any atom is -0.489 e. The molecular weight excluding hydrogens is 324 g/mol. The fourth-order valence-corrected chi connectivity index (χ4v) is 2.56. The molecule has 2 rings (SSSR count). The summed E-state index contributed by atoms with van der Waals surface area (Å²) in [6.07, 6.45) is 4.22. The zero-order valence-corrected chi connectivity index (χ0v) is 13.7. The van der Waals surface area contributed by atoms with Crippen molar-refractivity contribution in [3.63, 3.8) is 0 Å². The number of carboxylic acids is 1. The minimum atomic E-state index is -1.86. The summed E-state index contributed by atoms with van der Waals surface area (Å²) in [4.78, 5) is 29.1. The molecule has 23 heavy (non-hydrogen) atoms. The molecule has 0 bridgehead atoms. The van der Waals surface area contributed by atoms with E-state index in [9.17, 15) is 14.7 Å². The van der Waals surface area contributed by atoms with Crippen LogP contribution < -0.4 is 4.74 Å². The maximum Gasteiger partial charge on any atom is 0.345 e. The van der Waals surface area contributed by atoms with Crippen molar-refractivity contribution in [3.8, 4) is 5.75 Å². The van der Waals surface area contributed by atoms with Crippen LogP contribution in [0.25, 0.3) is 0 Å². The van der Waals surface area contributed by atoms with Crippen molar-refractivity contribution >= 4 is 23.5 Å². The fraction of sp³-hybridized carbons (Fsp3) is 0.533. The SMILES string of the molecule is COC(C)(C(=O)O)C(=O)N1CCC(Oc2cncc(Cl)c2)CC1. The van der Waals surface area contributed by atoms with E-state index in [1.807, 2.05) is 0 Å². The smallest absolute Gasteiger partial charge is 0.345 e. The molecule has 0 aromatic carbocycles. The van der Waals surface area contributed by atoms with Gasteiger partial charge < -0.3 is 19.5 Å². The van der Waals surface area contributed by atoms with E-state index in [0.717, 1.165) is 0 Å². The van der Waals surface area contributed by atoms with Gasteiger partial charge in [-0.05, 0) is 6.92 Å². The summed E-state index contributed by atoms with van der Waals surface area (Å²) in [7, 11) is 1.22. The first kappa shape index (κ1) is 17.5. The maximum atomic E-state index is 12.4. The molecule has 1 fully saturated rings. The number of hydrogen-bond acceptors (Lipinski definition) is 5. The lowest BCUT2D eigenvalue weighted by molar-refractivity contribution is -0.174. The average molecular weight is 343 g/mol. The van der Waals surface area contributed by atoms with E-state index in [-0.39, 0.29) is 6.10 Å². The molecule has 0 radical (unpaired) electrons. The van der Waals surface area contributed by atoms with Crippen molar-refractivity contribution in [2.24, 2.45) is 0 Å². The first-order chi connectivity index (χ1) is 10.9. The quantitative estimate of drug-likeness (QED) is 0.817. The summed E-state index contributed by atoms with van der Waals surface area (Å²) in [6, 6.07) is 1.68. The Morgan fingerprint density at radius 1 is 1.39 bits per heavy atom. The molecule has 1 unspecified atom stereocenters. The maximum absolute atomic E-state index is 12.4. The van der Waals surface area contributed by atoms with Gasteiger partial charge in [-0.3, -0.25) is 9.78 Å². The van der Waals surface area contributed by atoms with Gasteiger partial charge in [0.1, 0.15) is 11.9 Å². The number of aromatic nitrogens is 1. The third-order valence-electron chi connectivity index (χ3n) is 3.94. The lowest BCUT2D eigenvalue weighted by atomic mass is 10.0. The summed E-state index contributed by atoms with van der Waals surface area (Å²) < 4.78 is 10.7. The molecule has 8 heteroatoms. The van der Waals surface area contributed by atoms with Gasteiger partial charge in [0.05, 0.1) is 11.2 Å². The van der Waals surface area contributed by atoms with E-state index in [1.165, 1.54) is 25.1 Å². The zero-order valence-electron chi connectivity index (χ0n) is 13.0. The van der Waals surface area contributed by atoms with Crippen LogP contribution in [0.2, 0.25) is 5.02 Å². The Balaban J connectivity index is 1.93. The highest BCUT2D eigenvalue weighted by molar-refractivity contribution is 6.30. The fourth-order valence-electron chi connectivity index (χ4n) is 2.39. The molecule has 126 valence electrons. The van der Waals surface area contributed by atoms with E-state index in [2.05, 4.69) is 4.98 Å². The number of pyridine rings is 1. The molecule has 1 atom stereocenters. The Labute approximate surface area is 139 Å². The molecule has 1 aliphatic heterocycles. The normalized spacial score (nSPS) is 18.3. The summed E-state index contributed by atoms with van der Waals surface area (Å²) in [5.41, 5.74) is -1.86. The first-order valence-electron chi connectivity index (χ1n) is 7.22. The van der Waals surface area contributed by atoms with Crippen LogP contribution in [0.1, 0.15) is 19.8 Å². The Kier molecular flexibility index (Phi) is 5.43. The van der Waals surface area contributed by atoms with Crippen LogP contribution in [0, 0.1) is 0 Å². The molecule has 1 saturated heterocycles. The lowest BCUT2D eigenvalue weighted by Crippen LogP contribution is -2.55. The van der Waals surface area contributed by atoms with E-state index < -0.39 is 17.5 Å². The second-order valence-corrected chi connectivity index (χ2v) is 5.93. The number of rotatable bonds is 5. The number of hydrogen-bond donors (Lipinski definition) is 1. The monoisotopic (exact) mass is 342 g/mol. The molecule has 2 heterocycles. The average Bonchev–Trinajstić information content (AvgIpc) is 2.54. The Morgan fingerprint density at radius 2 is 2.04 bits per heavy atom. The number of nitrogens with zero attached hydrogens (tertiary/aromatic N) is 2. The van der Waals surface area contributed by atoms with Crippen molar-refractivity contribution in [2.45, 2.75) is 31.5 Å². The van der Waals surface area contributed by atoms with Crippen LogP contribution in [0.15, 0.2) is 18.5 Å². The topological polar surface area (TPSA) is 89.0 Å². The number of ether oxygens (including phenoxy) is 2. The van der Waals surface area contributed by atoms with Gasteiger partial charge >= 0.3 is 5.97 Å². The number of halogens is 1. The molecule has 1 aliphatic rings. The summed E-state index contributed by atoms with van der Waals surface area (Å²) >= 11 is 5.86. The van der Waals surface area contributed by atoms with Gasteiger partial charge in [0.2, 0.25) is 5.60 Å². The third kappa shape index (κ3) is 3.92. The number of carbonyl (C=O) groups excluding carboxylic acids is 1. The highest BCUT2D eigenvalue weighted by Gasteiger charge is 2.45. The van der Waals surface area contributed by atoms with Crippen molar-refractivity contribution in [1.29, 1.82) is 0 Å². The number of carboxylic acid groups (broad SMARTS) is 1. The minimum absolute atomic E-state index is 0.0713. The Hall–Kier alpha value is -1.86. The molecule has 1 amide bonds. The van der Waals surface area contributed by atoms with E-state index >= 15 is 0 Å². The van der Waals surface area contributed by atoms with Gasteiger partial charge in [0.25, 0.3) is 5.91 Å². The van der Waals surface area contributed by atoms with Crippen molar-refractivity contribution in [2.75, 3.05) is 20.2 Å². The second kappa shape index (κ2) is 7.14. The van der Waals surface area contributed by atoms with Gasteiger partial charge in [0.15, 0.2) is 0 Å². The number of methoxy groups -OCH3 is 1. The van der Waals surface area contributed by atoms with Gasteiger partial charge in [-0.25, -0.2) is 4.79 Å². The van der Waals surface area contributed by atoms with Crippen molar-refractivity contribution < 1.29 is 24.2 Å². The van der Waals surface area contributed by atoms with E-state index in [4.69, 9.17) is 21.1 Å². The molecule has 0 saturated carbocycles. The van der Waals surface area contributed by atoms with Gasteiger partial charge in [-0.15, -0.1) is 0 Å². The molecule has 7 nitrogen and oxygen atoms in total. The highest BCUT2D eigenvalue weighted by atomic mass is 35.5. The predicted molar refractivity (Wildman–Crippen MR) is 82.5 cm³/mol. The molecular formula is C15H19ClN2O5. The molecule has 1 N–H and O–H groups in total. The van der Waals surface area contributed by atoms with Gasteiger partial charge in [-0.2, -0.15) is 0 Å². The Bertz CT molecular complexity index is 589. The highest BCUT2D eigenvalue weighted by Crippen LogP contribution is 2.23. The third-order valence-corrected chi connectivity index (χ3v) is 4.14. The van der Waals surface area contributed by atoms with Crippen molar-refractivity contribution in [3.05, 3.63) is 23.5 Å². The number of piperidine rings is 1. The van der Waals surface area contributed by atoms with Crippen LogP contribution in [-0.4, -0.2) is 58.8 Å². The lowest BCUT2D eigenvalue weighted by Gasteiger charge is -2.36. The number of likely N-dealkylation sites (tertiary alicyclic amines) is 1. The van der Waals surface area contributed by atoms with E-state index in [0.29, 0.717) is 36.7 Å². The molecule has 1 aromatic rings. The number of carbonyl (C=O) groups is 2. The van der Waals surface area contributed by atoms with Gasteiger partial charge in [-0.1, -0.05) is 11.6 Å². The zero-order chi connectivity index (χ0) is 17.0. The largest absolute Gasteiger partial charge is 0.489 e. The van der Waals surface area contributed by atoms with Crippen LogP contribution in [-0.2, 0) is 14.3 Å². The summed E-state index contributed by atoms with van der Waals surface area (Å²) in [5.74, 6) is -1.27. The predicted octanol–water partition coefficient (Wildman–Crippen LogP) is 1.59. The van der Waals surface area contributed by atoms with Crippen LogP contribution in [0.5, 0.6) is 5.75 Å². The Morgan fingerprint density at radius 3 is 2.57 bits per heavy atom. The van der Waals surface area contributed by atoms with Crippen LogP contribution in [0.3, 0.4) is 0 Å². The van der Waals surface area contributed by atoms with Gasteiger partial charge in [0, 0.05) is 45.3 Å². The van der Waals surface area contributed by atoms with Crippen LogP contribution >= 0.6 is 11.6 Å². The number of amides is 1. The first-order valence-corrected chi connectivity index (χ1v) is 7.59. The standard InChI is InChI=1S/C15H19ClN2O5/c1-15(22-2,14(20)21)13(19)18-5-3-11(4-6-18)23-12-7-10(16)8-17-9-12/h7-9,11H,3-6H2,1-2H3,(H,20,21). The second-order valence-electron chi connectivity index (χ2n) is 5.49. The van der Waals surface area contributed by atoms with E-state index in [1.54, 1.807) is 12.3 Å². The number of aliphatic carboxylic acids is 1. The van der Waals surface area contributed by atoms with Crippen LogP contribution in [0.4, 0.5) is 0 Å². The molecule has 0 aliphatic carbocycles. The molecule has 1 aromatic heterocycles. The summed E-state index contributed by atoms with van der Waals surface area (Å²) in [5, 5.41) is 9.68. The van der Waals surface area contributed by atoms with Crippen molar-refractivity contribution in [1.82, 2.24) is 9.88 Å².